The minimum Gasteiger partial charge on any atom is -0.492 e. The highest BCUT2D eigenvalue weighted by Crippen LogP contribution is 2.23. The maximum atomic E-state index is 12.5. The van der Waals surface area contributed by atoms with E-state index in [1.54, 1.807) is 48.5 Å². The van der Waals surface area contributed by atoms with Crippen LogP contribution in [0.3, 0.4) is 0 Å². The molecule has 2 N–H and O–H groups in total. The molecule has 0 aliphatic rings. The fourth-order valence-corrected chi connectivity index (χ4v) is 3.20. The molecule has 1 unspecified atom stereocenters. The van der Waals surface area contributed by atoms with Crippen LogP contribution >= 0.6 is 23.4 Å². The second-order valence-corrected chi connectivity index (χ2v) is 7.82. The number of rotatable bonds is 11. The average molecular weight is 465 g/mol. The van der Waals surface area contributed by atoms with Gasteiger partial charge in [0.1, 0.15) is 11.8 Å². The molecule has 166 valence electrons. The van der Waals surface area contributed by atoms with Crippen LogP contribution in [0.4, 0.5) is 5.69 Å². The summed E-state index contributed by atoms with van der Waals surface area (Å²) < 4.78 is 10.6. The molecule has 0 saturated carbocycles. The third-order valence-electron chi connectivity index (χ3n) is 4.11. The van der Waals surface area contributed by atoms with E-state index < -0.39 is 30.4 Å². The normalized spacial score (nSPS) is 11.3. The second-order valence-electron chi connectivity index (χ2n) is 6.40. The molecule has 0 aromatic heterocycles. The summed E-state index contributed by atoms with van der Waals surface area (Å²) >= 11 is 7.38. The molecule has 2 rings (SSSR count). The summed E-state index contributed by atoms with van der Waals surface area (Å²) in [6.45, 7) is 1.81. The van der Waals surface area contributed by atoms with Crippen molar-refractivity contribution in [3.63, 3.8) is 0 Å². The first kappa shape index (κ1) is 24.6. The van der Waals surface area contributed by atoms with E-state index in [1.807, 2.05) is 13.2 Å². The molecule has 0 aliphatic carbocycles. The quantitative estimate of drug-likeness (QED) is 0.491. The number of nitrogens with one attached hydrogen (secondary N) is 2. The van der Waals surface area contributed by atoms with Gasteiger partial charge in [0.25, 0.3) is 11.8 Å². The number of hydrogen-bond donors (Lipinski definition) is 2. The van der Waals surface area contributed by atoms with E-state index in [0.717, 1.165) is 0 Å². The Kier molecular flexibility index (Phi) is 10.2. The lowest BCUT2D eigenvalue weighted by Gasteiger charge is -2.17. The van der Waals surface area contributed by atoms with Gasteiger partial charge in [0.15, 0.2) is 6.61 Å². The second kappa shape index (κ2) is 12.9. The molecule has 2 amide bonds. The van der Waals surface area contributed by atoms with E-state index in [9.17, 15) is 14.4 Å². The molecule has 1 atom stereocenters. The van der Waals surface area contributed by atoms with Crippen LogP contribution in [0.25, 0.3) is 0 Å². The number of carbonyl (C=O) groups excluding carboxylic acids is 3. The fourth-order valence-electron chi connectivity index (χ4n) is 2.60. The maximum Gasteiger partial charge on any atom is 0.329 e. The SMILES string of the molecule is CCOc1ccccc1NC(=O)COC(=O)C(CCSC)NC(=O)c1ccc(Cl)cc1. The molecule has 0 saturated heterocycles. The molecule has 2 aromatic rings. The monoisotopic (exact) mass is 464 g/mol. The summed E-state index contributed by atoms with van der Waals surface area (Å²) in [5.74, 6) is -0.445. The first-order chi connectivity index (χ1) is 14.9. The molecular weight excluding hydrogens is 440 g/mol. The number of ether oxygens (including phenoxy) is 2. The summed E-state index contributed by atoms with van der Waals surface area (Å²) in [6, 6.07) is 12.4. The van der Waals surface area contributed by atoms with Gasteiger partial charge in [0.05, 0.1) is 12.3 Å². The Morgan fingerprint density at radius 2 is 1.81 bits per heavy atom. The third-order valence-corrected chi connectivity index (χ3v) is 5.01. The Balaban J connectivity index is 1.94. The molecule has 2 aromatic carbocycles. The van der Waals surface area contributed by atoms with Gasteiger partial charge in [-0.25, -0.2) is 4.79 Å². The Bertz CT molecular complexity index is 892. The lowest BCUT2D eigenvalue weighted by Crippen LogP contribution is -2.43. The zero-order valence-corrected chi connectivity index (χ0v) is 18.9. The van der Waals surface area contributed by atoms with Gasteiger partial charge in [-0.15, -0.1) is 0 Å². The Morgan fingerprint density at radius 1 is 1.10 bits per heavy atom. The summed E-state index contributed by atoms with van der Waals surface area (Å²) in [5.41, 5.74) is 0.858. The van der Waals surface area contributed by atoms with Crippen LogP contribution < -0.4 is 15.4 Å². The maximum absolute atomic E-state index is 12.5. The number of benzene rings is 2. The van der Waals surface area contributed by atoms with Gasteiger partial charge in [0, 0.05) is 10.6 Å². The van der Waals surface area contributed by atoms with E-state index in [-0.39, 0.29) is 0 Å². The van der Waals surface area contributed by atoms with Gasteiger partial charge < -0.3 is 20.1 Å². The molecule has 9 heteroatoms. The summed E-state index contributed by atoms with van der Waals surface area (Å²) in [6.07, 6.45) is 2.26. The third kappa shape index (κ3) is 8.15. The Morgan fingerprint density at radius 3 is 2.48 bits per heavy atom. The lowest BCUT2D eigenvalue weighted by molar-refractivity contribution is -0.149. The van der Waals surface area contributed by atoms with E-state index >= 15 is 0 Å². The number of hydrogen-bond acceptors (Lipinski definition) is 6. The summed E-state index contributed by atoms with van der Waals surface area (Å²) in [7, 11) is 0. The number of thioether (sulfide) groups is 1. The lowest BCUT2D eigenvalue weighted by atomic mass is 10.1. The predicted molar refractivity (Wildman–Crippen MR) is 123 cm³/mol. The largest absolute Gasteiger partial charge is 0.492 e. The summed E-state index contributed by atoms with van der Waals surface area (Å²) in [4.78, 5) is 37.2. The zero-order valence-electron chi connectivity index (χ0n) is 17.4. The topological polar surface area (TPSA) is 93.7 Å². The molecular formula is C22H25ClN2O5S. The molecule has 0 radical (unpaired) electrons. The van der Waals surface area contributed by atoms with Crippen molar-refractivity contribution >= 4 is 46.8 Å². The summed E-state index contributed by atoms with van der Waals surface area (Å²) in [5, 5.41) is 5.83. The van der Waals surface area contributed by atoms with Crippen LogP contribution in [-0.2, 0) is 14.3 Å². The van der Waals surface area contributed by atoms with Gasteiger partial charge in [-0.1, -0.05) is 23.7 Å². The standard InChI is InChI=1S/C22H25ClN2O5S/c1-3-29-19-7-5-4-6-17(19)24-20(26)14-30-22(28)18(12-13-31-2)25-21(27)15-8-10-16(23)11-9-15/h4-11,18H,3,12-14H2,1-2H3,(H,24,26)(H,25,27). The van der Waals surface area contributed by atoms with E-state index in [4.69, 9.17) is 21.1 Å². The van der Waals surface area contributed by atoms with Crippen LogP contribution in [0.2, 0.25) is 5.02 Å². The number of anilines is 1. The Labute approximate surface area is 190 Å². The zero-order chi connectivity index (χ0) is 22.6. The van der Waals surface area contributed by atoms with Crippen LogP contribution in [0, 0.1) is 0 Å². The van der Waals surface area contributed by atoms with E-state index in [2.05, 4.69) is 10.6 Å². The van der Waals surface area contributed by atoms with Gasteiger partial charge in [-0.05, 0) is 61.8 Å². The Hall–Kier alpha value is -2.71. The minimum absolute atomic E-state index is 0.369. The highest BCUT2D eigenvalue weighted by molar-refractivity contribution is 7.98. The van der Waals surface area contributed by atoms with Crippen LogP contribution in [0.5, 0.6) is 5.75 Å². The van der Waals surface area contributed by atoms with Crippen molar-refractivity contribution in [2.75, 3.05) is 30.5 Å². The van der Waals surface area contributed by atoms with Crippen molar-refractivity contribution in [2.24, 2.45) is 0 Å². The molecule has 7 nitrogen and oxygen atoms in total. The molecule has 0 fully saturated rings. The van der Waals surface area contributed by atoms with Crippen molar-refractivity contribution in [1.82, 2.24) is 5.32 Å². The van der Waals surface area contributed by atoms with Crippen molar-refractivity contribution in [3.8, 4) is 5.75 Å². The first-order valence-corrected chi connectivity index (χ1v) is 11.5. The molecule has 31 heavy (non-hydrogen) atoms. The molecule has 0 aliphatic heterocycles. The molecule has 0 bridgehead atoms. The van der Waals surface area contributed by atoms with Crippen molar-refractivity contribution in [1.29, 1.82) is 0 Å². The predicted octanol–water partition coefficient (Wildman–Crippen LogP) is 3.77. The average Bonchev–Trinajstić information content (AvgIpc) is 2.76. The van der Waals surface area contributed by atoms with Crippen molar-refractivity contribution in [3.05, 3.63) is 59.1 Å². The number of carbonyl (C=O) groups is 3. The van der Waals surface area contributed by atoms with Crippen LogP contribution in [0.1, 0.15) is 23.7 Å². The molecule has 0 spiro atoms. The fraction of sp³-hybridized carbons (Fsp3) is 0.318. The van der Waals surface area contributed by atoms with Gasteiger partial charge >= 0.3 is 5.97 Å². The molecule has 0 heterocycles. The first-order valence-electron chi connectivity index (χ1n) is 9.68. The minimum atomic E-state index is -0.876. The smallest absolute Gasteiger partial charge is 0.329 e. The van der Waals surface area contributed by atoms with Gasteiger partial charge in [-0.3, -0.25) is 9.59 Å². The van der Waals surface area contributed by atoms with Gasteiger partial charge in [-0.2, -0.15) is 11.8 Å². The number of esters is 1. The number of halogens is 1. The number of amides is 2. The van der Waals surface area contributed by atoms with Gasteiger partial charge in [0.2, 0.25) is 0 Å². The van der Waals surface area contributed by atoms with Crippen molar-refractivity contribution < 1.29 is 23.9 Å². The highest BCUT2D eigenvalue weighted by Gasteiger charge is 2.23. The van der Waals surface area contributed by atoms with Crippen LogP contribution in [0.15, 0.2) is 48.5 Å². The highest BCUT2D eigenvalue weighted by atomic mass is 35.5. The number of para-hydroxylation sites is 2. The van der Waals surface area contributed by atoms with Crippen molar-refractivity contribution in [2.45, 2.75) is 19.4 Å². The van der Waals surface area contributed by atoms with E-state index in [1.165, 1.54) is 11.8 Å². The van der Waals surface area contributed by atoms with E-state index in [0.29, 0.717) is 40.8 Å². The van der Waals surface area contributed by atoms with Crippen LogP contribution in [-0.4, -0.2) is 49.0 Å².